The summed E-state index contributed by atoms with van der Waals surface area (Å²) in [5, 5.41) is 13.4. The number of nitrogens with one attached hydrogen (secondary N) is 3. The van der Waals surface area contributed by atoms with Crippen LogP contribution in [0.3, 0.4) is 0 Å². The van der Waals surface area contributed by atoms with Crippen molar-refractivity contribution in [1.29, 1.82) is 0 Å². The van der Waals surface area contributed by atoms with Crippen LogP contribution in [0.2, 0.25) is 5.02 Å². The molecule has 0 saturated heterocycles. The molecule has 0 atom stereocenters. The minimum Gasteiger partial charge on any atom is -0.368 e. The molecule has 2 amide bonds. The Morgan fingerprint density at radius 3 is 2.88 bits per heavy atom. The summed E-state index contributed by atoms with van der Waals surface area (Å²) in [6.07, 6.45) is 4.94. The first kappa shape index (κ1) is 17.7. The SMILES string of the molecule is Cc1ccc(NC(=O)NCCNc2cc(-n3cccn3)ncn2)cc1Cl. The van der Waals surface area contributed by atoms with Crippen molar-refractivity contribution in [3.8, 4) is 5.82 Å². The molecule has 2 aromatic heterocycles. The lowest BCUT2D eigenvalue weighted by atomic mass is 10.2. The summed E-state index contributed by atoms with van der Waals surface area (Å²) in [5.74, 6) is 1.31. The van der Waals surface area contributed by atoms with Gasteiger partial charge in [0, 0.05) is 42.3 Å². The number of carbonyl (C=O) groups is 1. The van der Waals surface area contributed by atoms with Gasteiger partial charge in [-0.25, -0.2) is 19.4 Å². The van der Waals surface area contributed by atoms with Gasteiger partial charge in [-0.3, -0.25) is 0 Å². The first-order valence-corrected chi connectivity index (χ1v) is 8.36. The fourth-order valence-corrected chi connectivity index (χ4v) is 2.37. The standard InChI is InChI=1S/C17H18ClN7O/c1-12-3-4-13(9-14(12)18)24-17(26)20-7-6-19-15-10-16(22-11-21-15)25-8-2-5-23-25/h2-5,8-11H,6-7H2,1H3,(H,19,21,22)(H2,20,24,26). The topological polar surface area (TPSA) is 96.8 Å². The van der Waals surface area contributed by atoms with Crippen LogP contribution in [0.15, 0.2) is 49.1 Å². The lowest BCUT2D eigenvalue weighted by Gasteiger charge is -2.10. The van der Waals surface area contributed by atoms with Gasteiger partial charge in [0.05, 0.1) is 0 Å². The van der Waals surface area contributed by atoms with E-state index in [-0.39, 0.29) is 6.03 Å². The Kier molecular flexibility index (Phi) is 5.65. The normalized spacial score (nSPS) is 10.4. The van der Waals surface area contributed by atoms with E-state index in [1.807, 2.05) is 19.1 Å². The summed E-state index contributed by atoms with van der Waals surface area (Å²) in [4.78, 5) is 20.2. The number of aromatic nitrogens is 4. The maximum absolute atomic E-state index is 11.9. The molecule has 0 aliphatic rings. The zero-order valence-corrected chi connectivity index (χ0v) is 14.9. The van der Waals surface area contributed by atoms with Crippen LogP contribution in [0.1, 0.15) is 5.56 Å². The van der Waals surface area contributed by atoms with E-state index in [1.165, 1.54) is 6.33 Å². The van der Waals surface area contributed by atoms with Gasteiger partial charge in [-0.2, -0.15) is 5.10 Å². The maximum atomic E-state index is 11.9. The fourth-order valence-electron chi connectivity index (χ4n) is 2.19. The van der Waals surface area contributed by atoms with Crippen molar-refractivity contribution >= 4 is 29.1 Å². The molecule has 0 aliphatic carbocycles. The van der Waals surface area contributed by atoms with Gasteiger partial charge < -0.3 is 16.0 Å². The molecule has 0 radical (unpaired) electrons. The monoisotopic (exact) mass is 371 g/mol. The van der Waals surface area contributed by atoms with Crippen LogP contribution >= 0.6 is 11.6 Å². The number of rotatable bonds is 6. The highest BCUT2D eigenvalue weighted by molar-refractivity contribution is 6.31. The number of halogens is 1. The number of anilines is 2. The number of hydrogen-bond acceptors (Lipinski definition) is 5. The molecular formula is C17H18ClN7O. The number of aryl methyl sites for hydroxylation is 1. The molecule has 0 bridgehead atoms. The lowest BCUT2D eigenvalue weighted by Crippen LogP contribution is -2.32. The minimum atomic E-state index is -0.299. The van der Waals surface area contributed by atoms with Crippen LogP contribution in [0.4, 0.5) is 16.3 Å². The zero-order chi connectivity index (χ0) is 18.4. The molecule has 3 N–H and O–H groups in total. The summed E-state index contributed by atoms with van der Waals surface area (Å²) < 4.78 is 1.64. The second kappa shape index (κ2) is 8.30. The van der Waals surface area contributed by atoms with Gasteiger partial charge in [-0.05, 0) is 30.7 Å². The molecule has 0 spiro atoms. The molecule has 2 heterocycles. The highest BCUT2D eigenvalue weighted by Crippen LogP contribution is 2.19. The molecule has 0 fully saturated rings. The van der Waals surface area contributed by atoms with Gasteiger partial charge in [-0.1, -0.05) is 17.7 Å². The van der Waals surface area contributed by atoms with Gasteiger partial charge in [0.1, 0.15) is 12.1 Å². The average Bonchev–Trinajstić information content (AvgIpc) is 3.17. The summed E-state index contributed by atoms with van der Waals surface area (Å²) in [6, 6.07) is 8.67. The Morgan fingerprint density at radius 2 is 2.12 bits per heavy atom. The van der Waals surface area contributed by atoms with Crippen molar-refractivity contribution in [2.24, 2.45) is 0 Å². The van der Waals surface area contributed by atoms with E-state index in [2.05, 4.69) is 31.0 Å². The molecule has 26 heavy (non-hydrogen) atoms. The fraction of sp³-hybridized carbons (Fsp3) is 0.176. The Labute approximate surface area is 155 Å². The average molecular weight is 372 g/mol. The van der Waals surface area contributed by atoms with Crippen LogP contribution in [0.5, 0.6) is 0 Å². The smallest absolute Gasteiger partial charge is 0.319 e. The zero-order valence-electron chi connectivity index (χ0n) is 14.1. The number of hydrogen-bond donors (Lipinski definition) is 3. The van der Waals surface area contributed by atoms with Crippen molar-refractivity contribution < 1.29 is 4.79 Å². The summed E-state index contributed by atoms with van der Waals surface area (Å²) >= 11 is 6.04. The molecule has 134 valence electrons. The van der Waals surface area contributed by atoms with Crippen LogP contribution in [-0.2, 0) is 0 Å². The molecule has 8 nitrogen and oxygen atoms in total. The first-order valence-electron chi connectivity index (χ1n) is 7.99. The van der Waals surface area contributed by atoms with Gasteiger partial charge in [0.15, 0.2) is 5.82 Å². The summed E-state index contributed by atoms with van der Waals surface area (Å²) in [7, 11) is 0. The van der Waals surface area contributed by atoms with E-state index in [4.69, 9.17) is 11.6 Å². The van der Waals surface area contributed by atoms with Crippen molar-refractivity contribution in [2.45, 2.75) is 6.92 Å². The van der Waals surface area contributed by atoms with E-state index in [1.54, 1.807) is 35.3 Å². The van der Waals surface area contributed by atoms with Crippen LogP contribution in [0, 0.1) is 6.92 Å². The molecule has 1 aromatic carbocycles. The third-order valence-electron chi connectivity index (χ3n) is 3.54. The Morgan fingerprint density at radius 1 is 1.23 bits per heavy atom. The largest absolute Gasteiger partial charge is 0.368 e. The summed E-state index contributed by atoms with van der Waals surface area (Å²) in [5.41, 5.74) is 1.60. The van der Waals surface area contributed by atoms with E-state index in [0.717, 1.165) is 5.56 Å². The van der Waals surface area contributed by atoms with Crippen molar-refractivity contribution in [2.75, 3.05) is 23.7 Å². The number of amides is 2. The number of nitrogens with zero attached hydrogens (tertiary/aromatic N) is 4. The van der Waals surface area contributed by atoms with Crippen molar-refractivity contribution in [1.82, 2.24) is 25.1 Å². The third-order valence-corrected chi connectivity index (χ3v) is 3.95. The lowest BCUT2D eigenvalue weighted by molar-refractivity contribution is 0.252. The Bertz CT molecular complexity index is 883. The van der Waals surface area contributed by atoms with E-state index < -0.39 is 0 Å². The second-order valence-electron chi connectivity index (χ2n) is 5.48. The maximum Gasteiger partial charge on any atom is 0.319 e. The molecule has 9 heteroatoms. The second-order valence-corrected chi connectivity index (χ2v) is 5.89. The van der Waals surface area contributed by atoms with E-state index in [9.17, 15) is 4.79 Å². The van der Waals surface area contributed by atoms with Crippen LogP contribution in [0.25, 0.3) is 5.82 Å². The van der Waals surface area contributed by atoms with Gasteiger partial charge in [0.25, 0.3) is 0 Å². The quantitative estimate of drug-likeness (QED) is 0.579. The van der Waals surface area contributed by atoms with E-state index >= 15 is 0 Å². The van der Waals surface area contributed by atoms with Crippen molar-refractivity contribution in [3.05, 3.63) is 59.6 Å². The van der Waals surface area contributed by atoms with Crippen LogP contribution in [-0.4, -0.2) is 38.9 Å². The Hall–Kier alpha value is -3.13. The number of carbonyl (C=O) groups excluding carboxylic acids is 1. The van der Waals surface area contributed by atoms with Crippen LogP contribution < -0.4 is 16.0 Å². The minimum absolute atomic E-state index is 0.299. The predicted octanol–water partition coefficient (Wildman–Crippen LogP) is 2.86. The molecular weight excluding hydrogens is 354 g/mol. The highest BCUT2D eigenvalue weighted by atomic mass is 35.5. The molecule has 3 rings (SSSR count). The number of benzene rings is 1. The molecule has 0 saturated carbocycles. The highest BCUT2D eigenvalue weighted by Gasteiger charge is 2.04. The molecule has 0 aliphatic heterocycles. The predicted molar refractivity (Wildman–Crippen MR) is 101 cm³/mol. The molecule has 0 unspecified atom stereocenters. The number of urea groups is 1. The first-order chi connectivity index (χ1) is 12.6. The molecule has 3 aromatic rings. The summed E-state index contributed by atoms with van der Waals surface area (Å²) in [6.45, 7) is 2.84. The van der Waals surface area contributed by atoms with Crippen molar-refractivity contribution in [3.63, 3.8) is 0 Å². The third kappa shape index (κ3) is 4.70. The Balaban J connectivity index is 1.44. The van der Waals surface area contributed by atoms with E-state index in [0.29, 0.717) is 35.4 Å². The van der Waals surface area contributed by atoms with Gasteiger partial charge in [-0.15, -0.1) is 0 Å². The van der Waals surface area contributed by atoms with Gasteiger partial charge >= 0.3 is 6.03 Å². The van der Waals surface area contributed by atoms with Gasteiger partial charge in [0.2, 0.25) is 0 Å².